The number of pyridine rings is 1. The Kier molecular flexibility index (Phi) is 6.18. The van der Waals surface area contributed by atoms with Crippen LogP contribution in [0.5, 0.6) is 23.1 Å². The van der Waals surface area contributed by atoms with Crippen molar-refractivity contribution in [2.75, 3.05) is 32.0 Å². The Balaban J connectivity index is 1.47. The average Bonchev–Trinajstić information content (AvgIpc) is 3.62. The Morgan fingerprint density at radius 3 is 2.71 bits per heavy atom. The van der Waals surface area contributed by atoms with Crippen LogP contribution >= 0.6 is 0 Å². The topological polar surface area (TPSA) is 90.4 Å². The normalized spacial score (nSPS) is 16.5. The third-order valence-electron chi connectivity index (χ3n) is 5.26. The number of amides is 1. The summed E-state index contributed by atoms with van der Waals surface area (Å²) in [6, 6.07) is 6.87. The van der Waals surface area contributed by atoms with Crippen LogP contribution in [0.3, 0.4) is 0 Å². The molecule has 0 saturated heterocycles. The standard InChI is InChI=1S/C23H28N2O6/c1-14(2)11-30-22-9-20-17(10-24-22)23(27)25(13-31-20)16-6-7-19(21(8-16)28-3)29-12-18(26)15-4-5-15/h6-10,14-15,18,26H,4-5,11-13H2,1-3H3/t18-/m0/s1. The summed E-state index contributed by atoms with van der Waals surface area (Å²) in [6.45, 7) is 4.92. The highest BCUT2D eigenvalue weighted by Crippen LogP contribution is 2.37. The molecule has 2 aromatic rings. The number of aliphatic hydroxyl groups excluding tert-OH is 1. The van der Waals surface area contributed by atoms with Crippen molar-refractivity contribution in [2.24, 2.45) is 11.8 Å². The number of aromatic nitrogens is 1. The van der Waals surface area contributed by atoms with Crippen molar-refractivity contribution in [2.45, 2.75) is 32.8 Å². The number of rotatable bonds is 9. The molecule has 166 valence electrons. The smallest absolute Gasteiger partial charge is 0.266 e. The molecular weight excluding hydrogens is 400 g/mol. The Hall–Kier alpha value is -3.00. The molecule has 8 nitrogen and oxygen atoms in total. The molecule has 2 aliphatic rings. The van der Waals surface area contributed by atoms with Gasteiger partial charge in [-0.25, -0.2) is 4.98 Å². The van der Waals surface area contributed by atoms with E-state index in [0.29, 0.717) is 52.8 Å². The number of hydrogen-bond acceptors (Lipinski definition) is 7. The van der Waals surface area contributed by atoms with E-state index in [2.05, 4.69) is 18.8 Å². The van der Waals surface area contributed by atoms with Gasteiger partial charge in [-0.05, 0) is 36.8 Å². The minimum Gasteiger partial charge on any atom is -0.493 e. The molecule has 0 unspecified atom stereocenters. The van der Waals surface area contributed by atoms with E-state index in [0.717, 1.165) is 12.8 Å². The number of fused-ring (bicyclic) bond motifs is 1. The number of anilines is 1. The van der Waals surface area contributed by atoms with Crippen LogP contribution in [0.15, 0.2) is 30.5 Å². The molecule has 1 aliphatic heterocycles. The van der Waals surface area contributed by atoms with Crippen LogP contribution in [-0.2, 0) is 0 Å². The van der Waals surface area contributed by atoms with Crippen molar-refractivity contribution >= 4 is 11.6 Å². The SMILES string of the molecule is COc1cc(N2COc3cc(OCC(C)C)ncc3C2=O)ccc1OC[C@H](O)C1CC1. The highest BCUT2D eigenvalue weighted by atomic mass is 16.5. The first-order valence-electron chi connectivity index (χ1n) is 10.5. The van der Waals surface area contributed by atoms with Crippen molar-refractivity contribution < 1.29 is 28.8 Å². The first kappa shape index (κ1) is 21.2. The van der Waals surface area contributed by atoms with Crippen LogP contribution in [0.1, 0.15) is 37.0 Å². The maximum atomic E-state index is 13.0. The summed E-state index contributed by atoms with van der Waals surface area (Å²) < 4.78 is 22.6. The summed E-state index contributed by atoms with van der Waals surface area (Å²) >= 11 is 0. The Bertz CT molecular complexity index is 944. The molecule has 1 atom stereocenters. The monoisotopic (exact) mass is 428 g/mol. The lowest BCUT2D eigenvalue weighted by Crippen LogP contribution is -2.38. The van der Waals surface area contributed by atoms with Crippen molar-refractivity contribution in [3.63, 3.8) is 0 Å². The van der Waals surface area contributed by atoms with Gasteiger partial charge in [-0.2, -0.15) is 0 Å². The van der Waals surface area contributed by atoms with Gasteiger partial charge in [0.25, 0.3) is 5.91 Å². The summed E-state index contributed by atoms with van der Waals surface area (Å²) in [5.41, 5.74) is 0.984. The van der Waals surface area contributed by atoms with Gasteiger partial charge in [0, 0.05) is 18.3 Å². The van der Waals surface area contributed by atoms with E-state index in [1.54, 1.807) is 24.3 Å². The van der Waals surface area contributed by atoms with Gasteiger partial charge in [-0.3, -0.25) is 9.69 Å². The van der Waals surface area contributed by atoms with Crippen LogP contribution in [0, 0.1) is 11.8 Å². The van der Waals surface area contributed by atoms with Gasteiger partial charge in [0.2, 0.25) is 5.88 Å². The largest absolute Gasteiger partial charge is 0.493 e. The Labute approximate surface area is 181 Å². The van der Waals surface area contributed by atoms with E-state index in [4.69, 9.17) is 18.9 Å². The lowest BCUT2D eigenvalue weighted by atomic mass is 10.1. The Morgan fingerprint density at radius 1 is 1.19 bits per heavy atom. The van der Waals surface area contributed by atoms with E-state index in [1.165, 1.54) is 18.2 Å². The fourth-order valence-electron chi connectivity index (χ4n) is 3.30. The molecule has 1 amide bonds. The molecule has 0 bridgehead atoms. The van der Waals surface area contributed by atoms with E-state index in [9.17, 15) is 9.90 Å². The van der Waals surface area contributed by atoms with Crippen molar-refractivity contribution in [3.05, 3.63) is 36.0 Å². The molecule has 1 fully saturated rings. The molecule has 31 heavy (non-hydrogen) atoms. The predicted molar refractivity (Wildman–Crippen MR) is 114 cm³/mol. The summed E-state index contributed by atoms with van der Waals surface area (Å²) in [7, 11) is 1.54. The third kappa shape index (κ3) is 4.85. The lowest BCUT2D eigenvalue weighted by Gasteiger charge is -2.29. The van der Waals surface area contributed by atoms with Gasteiger partial charge in [0.05, 0.1) is 25.5 Å². The van der Waals surface area contributed by atoms with Gasteiger partial charge in [-0.1, -0.05) is 13.8 Å². The minimum atomic E-state index is -0.472. The fourth-order valence-corrected chi connectivity index (χ4v) is 3.30. The second-order valence-corrected chi connectivity index (χ2v) is 8.28. The first-order chi connectivity index (χ1) is 15.0. The second-order valence-electron chi connectivity index (χ2n) is 8.28. The molecule has 8 heteroatoms. The number of carbonyl (C=O) groups is 1. The zero-order valence-electron chi connectivity index (χ0n) is 18.0. The molecule has 1 saturated carbocycles. The minimum absolute atomic E-state index is 0.0587. The fraction of sp³-hybridized carbons (Fsp3) is 0.478. The quantitative estimate of drug-likeness (QED) is 0.655. The zero-order valence-corrected chi connectivity index (χ0v) is 18.0. The lowest BCUT2D eigenvalue weighted by molar-refractivity contribution is 0.0879. The summed E-state index contributed by atoms with van der Waals surface area (Å²) in [5, 5.41) is 10.0. The number of carbonyl (C=O) groups excluding carboxylic acids is 1. The number of methoxy groups -OCH3 is 1. The summed E-state index contributed by atoms with van der Waals surface area (Å²) in [5.74, 6) is 2.37. The number of nitrogens with zero attached hydrogens (tertiary/aromatic N) is 2. The van der Waals surface area contributed by atoms with E-state index in [-0.39, 0.29) is 19.2 Å². The zero-order chi connectivity index (χ0) is 22.0. The first-order valence-corrected chi connectivity index (χ1v) is 10.5. The van der Waals surface area contributed by atoms with Crippen LogP contribution < -0.4 is 23.8 Å². The number of benzene rings is 1. The van der Waals surface area contributed by atoms with Crippen molar-refractivity contribution in [1.29, 1.82) is 0 Å². The van der Waals surface area contributed by atoms with Gasteiger partial charge in [0.1, 0.15) is 17.9 Å². The molecule has 0 radical (unpaired) electrons. The van der Waals surface area contributed by atoms with E-state index >= 15 is 0 Å². The Morgan fingerprint density at radius 2 is 2.00 bits per heavy atom. The van der Waals surface area contributed by atoms with Crippen LogP contribution in [0.2, 0.25) is 0 Å². The highest BCUT2D eigenvalue weighted by Gasteiger charge is 2.31. The molecule has 4 rings (SSSR count). The maximum absolute atomic E-state index is 13.0. The molecule has 1 aliphatic carbocycles. The number of ether oxygens (including phenoxy) is 4. The average molecular weight is 428 g/mol. The van der Waals surface area contributed by atoms with Gasteiger partial charge < -0.3 is 24.1 Å². The number of hydrogen-bond donors (Lipinski definition) is 1. The molecule has 0 spiro atoms. The van der Waals surface area contributed by atoms with Crippen LogP contribution in [0.25, 0.3) is 0 Å². The molecule has 1 N–H and O–H groups in total. The molecule has 1 aromatic heterocycles. The van der Waals surface area contributed by atoms with E-state index in [1.807, 2.05) is 0 Å². The molecule has 2 heterocycles. The third-order valence-corrected chi connectivity index (χ3v) is 5.26. The van der Waals surface area contributed by atoms with Crippen LogP contribution in [-0.4, -0.2) is 49.2 Å². The van der Waals surface area contributed by atoms with E-state index < -0.39 is 6.10 Å². The van der Waals surface area contributed by atoms with Gasteiger partial charge in [0.15, 0.2) is 18.2 Å². The summed E-state index contributed by atoms with van der Waals surface area (Å²) in [6.07, 6.45) is 3.09. The predicted octanol–water partition coefficient (Wildman–Crippen LogP) is 3.27. The second kappa shape index (κ2) is 9.01. The highest BCUT2D eigenvalue weighted by molar-refractivity contribution is 6.08. The van der Waals surface area contributed by atoms with Crippen LogP contribution in [0.4, 0.5) is 5.69 Å². The number of aliphatic hydroxyl groups is 1. The van der Waals surface area contributed by atoms with Gasteiger partial charge >= 0.3 is 0 Å². The maximum Gasteiger partial charge on any atom is 0.266 e. The van der Waals surface area contributed by atoms with Gasteiger partial charge in [-0.15, -0.1) is 0 Å². The summed E-state index contributed by atoms with van der Waals surface area (Å²) in [4.78, 5) is 18.8. The molecular formula is C23H28N2O6. The van der Waals surface area contributed by atoms with Crippen molar-refractivity contribution in [3.8, 4) is 23.1 Å². The molecule has 1 aromatic carbocycles. The van der Waals surface area contributed by atoms with Crippen molar-refractivity contribution in [1.82, 2.24) is 4.98 Å².